The van der Waals surface area contributed by atoms with E-state index >= 15 is 0 Å². The molecule has 1 rings (SSSR count). The van der Waals surface area contributed by atoms with Gasteiger partial charge in [-0.2, -0.15) is 0 Å². The number of carbonyl (C=O) groups is 3. The summed E-state index contributed by atoms with van der Waals surface area (Å²) < 4.78 is 4.79. The van der Waals surface area contributed by atoms with E-state index in [1.54, 1.807) is 4.90 Å². The fourth-order valence-corrected chi connectivity index (χ4v) is 2.48. The molecule has 0 saturated carbocycles. The summed E-state index contributed by atoms with van der Waals surface area (Å²) >= 11 is 0. The van der Waals surface area contributed by atoms with Crippen LogP contribution in [0.15, 0.2) is 0 Å². The second-order valence-corrected chi connectivity index (χ2v) is 5.86. The summed E-state index contributed by atoms with van der Waals surface area (Å²) in [7, 11) is 1.34. The number of nitrogens with one attached hydrogen (secondary N) is 1. The normalized spacial score (nSPS) is 22.0. The van der Waals surface area contributed by atoms with Crippen LogP contribution in [0.1, 0.15) is 40.0 Å². The number of hydrogen-bond acceptors (Lipinski definition) is 4. The largest absolute Gasteiger partial charge is 0.469 e. The SMILES string of the molecule is CCCC(=O)N1CC(NC(=O)C(C)C)CC(C(=O)OC)C1. The Hall–Kier alpha value is -1.59. The molecule has 1 heterocycles. The zero-order valence-electron chi connectivity index (χ0n) is 13.3. The Balaban J connectivity index is 2.76. The Kier molecular flexibility index (Phi) is 6.65. The van der Waals surface area contributed by atoms with Crippen molar-refractivity contribution in [2.45, 2.75) is 46.1 Å². The number of nitrogens with zero attached hydrogens (tertiary/aromatic N) is 1. The van der Waals surface area contributed by atoms with Gasteiger partial charge in [-0.05, 0) is 12.8 Å². The Morgan fingerprint density at radius 1 is 1.29 bits per heavy atom. The minimum Gasteiger partial charge on any atom is -0.469 e. The van der Waals surface area contributed by atoms with Crippen LogP contribution in [-0.4, -0.2) is 48.9 Å². The van der Waals surface area contributed by atoms with Gasteiger partial charge in [0, 0.05) is 31.5 Å². The summed E-state index contributed by atoms with van der Waals surface area (Å²) in [4.78, 5) is 37.4. The maximum Gasteiger partial charge on any atom is 0.310 e. The summed E-state index contributed by atoms with van der Waals surface area (Å²) in [6.07, 6.45) is 1.74. The van der Waals surface area contributed by atoms with Crippen molar-refractivity contribution in [3.05, 3.63) is 0 Å². The van der Waals surface area contributed by atoms with Crippen molar-refractivity contribution >= 4 is 17.8 Å². The third-order valence-electron chi connectivity index (χ3n) is 3.67. The Morgan fingerprint density at radius 2 is 1.95 bits per heavy atom. The third-order valence-corrected chi connectivity index (χ3v) is 3.67. The summed E-state index contributed by atoms with van der Waals surface area (Å²) in [5, 5.41) is 2.91. The van der Waals surface area contributed by atoms with Crippen LogP contribution in [0.3, 0.4) is 0 Å². The molecule has 0 spiro atoms. The zero-order chi connectivity index (χ0) is 16.0. The van der Waals surface area contributed by atoms with E-state index in [2.05, 4.69) is 5.32 Å². The Bertz CT molecular complexity index is 395. The average Bonchev–Trinajstić information content (AvgIpc) is 2.46. The molecule has 0 aliphatic carbocycles. The lowest BCUT2D eigenvalue weighted by molar-refractivity contribution is -0.150. The van der Waals surface area contributed by atoms with Gasteiger partial charge in [0.05, 0.1) is 13.0 Å². The van der Waals surface area contributed by atoms with Crippen molar-refractivity contribution in [2.24, 2.45) is 11.8 Å². The molecule has 0 radical (unpaired) electrons. The highest BCUT2D eigenvalue weighted by Gasteiger charge is 2.34. The first-order chi connectivity index (χ1) is 9.88. The Morgan fingerprint density at radius 3 is 2.48 bits per heavy atom. The number of methoxy groups -OCH3 is 1. The number of amides is 2. The maximum absolute atomic E-state index is 12.1. The number of piperidine rings is 1. The van der Waals surface area contributed by atoms with Gasteiger partial charge in [0.2, 0.25) is 11.8 Å². The molecule has 2 unspecified atom stereocenters. The first kappa shape index (κ1) is 17.5. The summed E-state index contributed by atoms with van der Waals surface area (Å²) in [5.74, 6) is -0.860. The Labute approximate surface area is 126 Å². The van der Waals surface area contributed by atoms with Crippen LogP contribution in [0.2, 0.25) is 0 Å². The molecule has 120 valence electrons. The van der Waals surface area contributed by atoms with E-state index in [1.807, 2.05) is 20.8 Å². The number of likely N-dealkylation sites (tertiary alicyclic amines) is 1. The van der Waals surface area contributed by atoms with Crippen molar-refractivity contribution in [1.82, 2.24) is 10.2 Å². The van der Waals surface area contributed by atoms with Crippen molar-refractivity contribution in [2.75, 3.05) is 20.2 Å². The topological polar surface area (TPSA) is 75.7 Å². The molecule has 0 aromatic rings. The second kappa shape index (κ2) is 8.00. The standard InChI is InChI=1S/C15H26N2O4/c1-5-6-13(18)17-8-11(15(20)21-4)7-12(9-17)16-14(19)10(2)3/h10-12H,5-9H2,1-4H3,(H,16,19). The van der Waals surface area contributed by atoms with E-state index in [1.165, 1.54) is 7.11 Å². The van der Waals surface area contributed by atoms with Gasteiger partial charge >= 0.3 is 5.97 Å². The first-order valence-electron chi connectivity index (χ1n) is 7.55. The van der Waals surface area contributed by atoms with Crippen LogP contribution < -0.4 is 5.32 Å². The number of carbonyl (C=O) groups excluding carboxylic acids is 3. The van der Waals surface area contributed by atoms with Gasteiger partial charge < -0.3 is 15.0 Å². The highest BCUT2D eigenvalue weighted by atomic mass is 16.5. The summed E-state index contributed by atoms with van der Waals surface area (Å²) in [6.45, 7) is 6.41. The van der Waals surface area contributed by atoms with Crippen LogP contribution >= 0.6 is 0 Å². The van der Waals surface area contributed by atoms with Gasteiger partial charge in [-0.1, -0.05) is 20.8 Å². The number of rotatable bonds is 5. The lowest BCUT2D eigenvalue weighted by Gasteiger charge is -2.37. The second-order valence-electron chi connectivity index (χ2n) is 5.86. The molecule has 6 nitrogen and oxygen atoms in total. The lowest BCUT2D eigenvalue weighted by atomic mass is 9.93. The third kappa shape index (κ3) is 5.02. The zero-order valence-corrected chi connectivity index (χ0v) is 13.3. The quantitative estimate of drug-likeness (QED) is 0.767. The molecule has 2 atom stereocenters. The molecule has 0 bridgehead atoms. The lowest BCUT2D eigenvalue weighted by Crippen LogP contribution is -2.54. The number of hydrogen-bond donors (Lipinski definition) is 1. The van der Waals surface area contributed by atoms with Gasteiger partial charge in [0.15, 0.2) is 0 Å². The number of ether oxygens (including phenoxy) is 1. The van der Waals surface area contributed by atoms with Crippen LogP contribution in [-0.2, 0) is 19.1 Å². The van der Waals surface area contributed by atoms with Crippen molar-refractivity contribution in [3.63, 3.8) is 0 Å². The molecule has 1 aliphatic rings. The van der Waals surface area contributed by atoms with E-state index in [4.69, 9.17) is 4.74 Å². The van der Waals surface area contributed by atoms with E-state index < -0.39 is 0 Å². The molecule has 1 fully saturated rings. The molecule has 1 aliphatic heterocycles. The van der Waals surface area contributed by atoms with Crippen LogP contribution in [0.5, 0.6) is 0 Å². The van der Waals surface area contributed by atoms with E-state index in [0.717, 1.165) is 6.42 Å². The van der Waals surface area contributed by atoms with Crippen molar-refractivity contribution in [3.8, 4) is 0 Å². The minimum atomic E-state index is -0.373. The molecule has 21 heavy (non-hydrogen) atoms. The van der Waals surface area contributed by atoms with E-state index in [9.17, 15) is 14.4 Å². The average molecular weight is 298 g/mol. The van der Waals surface area contributed by atoms with Crippen LogP contribution in [0, 0.1) is 11.8 Å². The molecule has 6 heteroatoms. The monoisotopic (exact) mass is 298 g/mol. The smallest absolute Gasteiger partial charge is 0.310 e. The van der Waals surface area contributed by atoms with E-state index in [0.29, 0.717) is 25.9 Å². The highest BCUT2D eigenvalue weighted by molar-refractivity contribution is 5.80. The number of esters is 1. The molecule has 1 saturated heterocycles. The molecule has 0 aromatic heterocycles. The molecular weight excluding hydrogens is 272 g/mol. The predicted octanol–water partition coefficient (Wildman–Crippen LogP) is 0.949. The molecule has 1 N–H and O–H groups in total. The van der Waals surface area contributed by atoms with Crippen molar-refractivity contribution in [1.29, 1.82) is 0 Å². The fraction of sp³-hybridized carbons (Fsp3) is 0.800. The predicted molar refractivity (Wildman–Crippen MR) is 78.4 cm³/mol. The van der Waals surface area contributed by atoms with Gasteiger partial charge in [-0.3, -0.25) is 14.4 Å². The molecule has 2 amide bonds. The fourth-order valence-electron chi connectivity index (χ4n) is 2.48. The van der Waals surface area contributed by atoms with Gasteiger partial charge in [0.1, 0.15) is 0 Å². The minimum absolute atomic E-state index is 0.0231. The molecular formula is C15H26N2O4. The van der Waals surface area contributed by atoms with E-state index in [-0.39, 0.29) is 35.7 Å². The summed E-state index contributed by atoms with van der Waals surface area (Å²) in [5.41, 5.74) is 0. The maximum atomic E-state index is 12.1. The van der Waals surface area contributed by atoms with Crippen LogP contribution in [0.25, 0.3) is 0 Å². The van der Waals surface area contributed by atoms with Crippen LogP contribution in [0.4, 0.5) is 0 Å². The highest BCUT2D eigenvalue weighted by Crippen LogP contribution is 2.20. The van der Waals surface area contributed by atoms with Gasteiger partial charge in [-0.15, -0.1) is 0 Å². The molecule has 0 aromatic carbocycles. The summed E-state index contributed by atoms with van der Waals surface area (Å²) in [6, 6.07) is -0.196. The van der Waals surface area contributed by atoms with Gasteiger partial charge in [-0.25, -0.2) is 0 Å². The van der Waals surface area contributed by atoms with Gasteiger partial charge in [0.25, 0.3) is 0 Å². The first-order valence-corrected chi connectivity index (χ1v) is 7.55. The van der Waals surface area contributed by atoms with Crippen molar-refractivity contribution < 1.29 is 19.1 Å².